The summed E-state index contributed by atoms with van der Waals surface area (Å²) in [4.78, 5) is 11.8. The van der Waals surface area contributed by atoms with E-state index in [0.717, 1.165) is 0 Å². The van der Waals surface area contributed by atoms with Gasteiger partial charge in [-0.1, -0.05) is 0 Å². The number of nitrogens with two attached hydrogens (primary N) is 1. The van der Waals surface area contributed by atoms with Gasteiger partial charge in [0.1, 0.15) is 5.75 Å². The number of methoxy groups -OCH3 is 1. The summed E-state index contributed by atoms with van der Waals surface area (Å²) < 4.78 is 5.07. The monoisotopic (exact) mass is 233 g/mol. The summed E-state index contributed by atoms with van der Waals surface area (Å²) in [6.45, 7) is 2.04. The van der Waals surface area contributed by atoms with E-state index < -0.39 is 0 Å². The Hall–Kier alpha value is -2.22. The number of hydrogen-bond donors (Lipinski definition) is 2. The molecule has 1 unspecified atom stereocenters. The summed E-state index contributed by atoms with van der Waals surface area (Å²) in [5, 5.41) is 11.3. The number of nitriles is 1. The van der Waals surface area contributed by atoms with Gasteiger partial charge < -0.3 is 15.8 Å². The van der Waals surface area contributed by atoms with Gasteiger partial charge in [-0.2, -0.15) is 5.26 Å². The van der Waals surface area contributed by atoms with Gasteiger partial charge in [-0.3, -0.25) is 4.79 Å². The number of nitrogens with zero attached hydrogens (tertiary/aromatic N) is 1. The van der Waals surface area contributed by atoms with Crippen molar-refractivity contribution in [2.75, 3.05) is 19.4 Å². The zero-order valence-electron chi connectivity index (χ0n) is 9.86. The highest BCUT2D eigenvalue weighted by atomic mass is 16.5. The second-order valence-corrected chi connectivity index (χ2v) is 3.70. The van der Waals surface area contributed by atoms with Gasteiger partial charge in [-0.05, 0) is 19.1 Å². The molecule has 3 N–H and O–H groups in total. The fourth-order valence-corrected chi connectivity index (χ4v) is 1.28. The standard InChI is InChI=1S/C12H15N3O2/c1-8(6-13)7-15-12(16)10-4-3-9(14)5-11(10)17-2/h3-5,8H,7,14H2,1-2H3,(H,15,16). The first kappa shape index (κ1) is 12.8. The normalized spacial score (nSPS) is 11.4. The van der Waals surface area contributed by atoms with E-state index in [1.807, 2.05) is 6.07 Å². The molecule has 0 radical (unpaired) electrons. The van der Waals surface area contributed by atoms with Gasteiger partial charge in [0.25, 0.3) is 5.91 Å². The molecule has 0 spiro atoms. The van der Waals surface area contributed by atoms with Crippen LogP contribution in [0.1, 0.15) is 17.3 Å². The highest BCUT2D eigenvalue weighted by Gasteiger charge is 2.12. The number of anilines is 1. The van der Waals surface area contributed by atoms with E-state index in [1.54, 1.807) is 25.1 Å². The Kier molecular flexibility index (Phi) is 4.35. The summed E-state index contributed by atoms with van der Waals surface area (Å²) in [6.07, 6.45) is 0. The Bertz CT molecular complexity index is 452. The maximum absolute atomic E-state index is 11.8. The molecule has 0 aromatic heterocycles. The first-order valence-electron chi connectivity index (χ1n) is 5.19. The lowest BCUT2D eigenvalue weighted by atomic mass is 10.1. The summed E-state index contributed by atoms with van der Waals surface area (Å²) in [7, 11) is 1.48. The smallest absolute Gasteiger partial charge is 0.255 e. The van der Waals surface area contributed by atoms with E-state index in [-0.39, 0.29) is 11.8 Å². The molecule has 1 amide bonds. The van der Waals surface area contributed by atoms with Gasteiger partial charge in [0, 0.05) is 18.3 Å². The Balaban J connectivity index is 2.79. The van der Waals surface area contributed by atoms with Crippen molar-refractivity contribution in [2.45, 2.75) is 6.92 Å². The molecule has 1 atom stereocenters. The van der Waals surface area contributed by atoms with Crippen LogP contribution < -0.4 is 15.8 Å². The molecule has 90 valence electrons. The van der Waals surface area contributed by atoms with E-state index in [4.69, 9.17) is 15.7 Å². The Labute approximate surface area is 100 Å². The Morgan fingerprint density at radius 3 is 2.94 bits per heavy atom. The molecule has 0 saturated carbocycles. The Morgan fingerprint density at radius 1 is 1.65 bits per heavy atom. The first-order valence-corrected chi connectivity index (χ1v) is 5.19. The molecule has 5 heteroatoms. The number of amides is 1. The number of rotatable bonds is 4. The quantitative estimate of drug-likeness (QED) is 0.764. The molecule has 1 rings (SSSR count). The van der Waals surface area contributed by atoms with E-state index in [9.17, 15) is 4.79 Å². The molecule has 5 nitrogen and oxygen atoms in total. The van der Waals surface area contributed by atoms with Gasteiger partial charge in [-0.15, -0.1) is 0 Å². The SMILES string of the molecule is COc1cc(N)ccc1C(=O)NCC(C)C#N. The molecule has 1 aromatic carbocycles. The van der Waals surface area contributed by atoms with Crippen LogP contribution in [-0.4, -0.2) is 19.6 Å². The van der Waals surface area contributed by atoms with Crippen molar-refractivity contribution in [3.8, 4) is 11.8 Å². The minimum atomic E-state index is -0.274. The van der Waals surface area contributed by atoms with Crippen LogP contribution in [0.15, 0.2) is 18.2 Å². The third-order valence-corrected chi connectivity index (χ3v) is 2.26. The van der Waals surface area contributed by atoms with Crippen molar-refractivity contribution in [3.63, 3.8) is 0 Å². The highest BCUT2D eigenvalue weighted by molar-refractivity contribution is 5.97. The number of carbonyl (C=O) groups excluding carboxylic acids is 1. The van der Waals surface area contributed by atoms with Gasteiger partial charge >= 0.3 is 0 Å². The minimum Gasteiger partial charge on any atom is -0.496 e. The lowest BCUT2D eigenvalue weighted by molar-refractivity contribution is 0.0948. The third kappa shape index (κ3) is 3.38. The molecule has 0 aliphatic rings. The molecule has 17 heavy (non-hydrogen) atoms. The van der Waals surface area contributed by atoms with Crippen LogP contribution in [0.25, 0.3) is 0 Å². The van der Waals surface area contributed by atoms with Crippen LogP contribution in [0.2, 0.25) is 0 Å². The zero-order valence-corrected chi connectivity index (χ0v) is 9.86. The average molecular weight is 233 g/mol. The van der Waals surface area contributed by atoms with Crippen molar-refractivity contribution in [1.29, 1.82) is 5.26 Å². The summed E-state index contributed by atoms with van der Waals surface area (Å²) >= 11 is 0. The first-order chi connectivity index (χ1) is 8.08. The number of carbonyl (C=O) groups is 1. The third-order valence-electron chi connectivity index (χ3n) is 2.26. The van der Waals surface area contributed by atoms with Crippen LogP contribution in [0.3, 0.4) is 0 Å². The summed E-state index contributed by atoms with van der Waals surface area (Å²) in [6, 6.07) is 6.86. The largest absolute Gasteiger partial charge is 0.496 e. The maximum atomic E-state index is 11.8. The average Bonchev–Trinajstić information content (AvgIpc) is 2.35. The number of benzene rings is 1. The maximum Gasteiger partial charge on any atom is 0.255 e. The van der Waals surface area contributed by atoms with E-state index in [1.165, 1.54) is 7.11 Å². The number of nitrogens with one attached hydrogen (secondary N) is 1. The van der Waals surface area contributed by atoms with Crippen molar-refractivity contribution >= 4 is 11.6 Å². The molecule has 0 heterocycles. The molecular formula is C12H15N3O2. The fraction of sp³-hybridized carbons (Fsp3) is 0.333. The highest BCUT2D eigenvalue weighted by Crippen LogP contribution is 2.21. The number of nitrogen functional groups attached to an aromatic ring is 1. The van der Waals surface area contributed by atoms with Crippen molar-refractivity contribution in [3.05, 3.63) is 23.8 Å². The van der Waals surface area contributed by atoms with Crippen LogP contribution >= 0.6 is 0 Å². The number of ether oxygens (including phenoxy) is 1. The molecule has 0 bridgehead atoms. The second-order valence-electron chi connectivity index (χ2n) is 3.70. The minimum absolute atomic E-state index is 0.223. The van der Waals surface area contributed by atoms with Crippen molar-refractivity contribution < 1.29 is 9.53 Å². The molecule has 0 aliphatic carbocycles. The molecule has 1 aromatic rings. The van der Waals surface area contributed by atoms with Crippen LogP contribution in [0.4, 0.5) is 5.69 Å². The van der Waals surface area contributed by atoms with E-state index in [0.29, 0.717) is 23.5 Å². The van der Waals surface area contributed by atoms with E-state index in [2.05, 4.69) is 5.32 Å². The van der Waals surface area contributed by atoms with Crippen LogP contribution in [0, 0.1) is 17.2 Å². The summed E-state index contributed by atoms with van der Waals surface area (Å²) in [5.41, 5.74) is 6.53. The zero-order chi connectivity index (χ0) is 12.8. The molecular weight excluding hydrogens is 218 g/mol. The lowest BCUT2D eigenvalue weighted by Gasteiger charge is -2.10. The predicted molar refractivity (Wildman–Crippen MR) is 64.5 cm³/mol. The van der Waals surface area contributed by atoms with Gasteiger partial charge in [0.2, 0.25) is 0 Å². The topological polar surface area (TPSA) is 88.1 Å². The van der Waals surface area contributed by atoms with Crippen molar-refractivity contribution in [1.82, 2.24) is 5.32 Å². The van der Waals surface area contributed by atoms with Gasteiger partial charge in [0.05, 0.1) is 24.7 Å². The predicted octanol–water partition coefficient (Wildman–Crippen LogP) is 1.17. The van der Waals surface area contributed by atoms with Crippen molar-refractivity contribution in [2.24, 2.45) is 5.92 Å². The molecule has 0 saturated heterocycles. The van der Waals surface area contributed by atoms with Crippen LogP contribution in [0.5, 0.6) is 5.75 Å². The number of hydrogen-bond acceptors (Lipinski definition) is 4. The second kappa shape index (κ2) is 5.75. The molecule has 0 aliphatic heterocycles. The Morgan fingerprint density at radius 2 is 2.35 bits per heavy atom. The fourth-order valence-electron chi connectivity index (χ4n) is 1.28. The van der Waals surface area contributed by atoms with E-state index >= 15 is 0 Å². The lowest BCUT2D eigenvalue weighted by Crippen LogP contribution is -2.28. The van der Waals surface area contributed by atoms with Gasteiger partial charge in [0.15, 0.2) is 0 Å². The van der Waals surface area contributed by atoms with Gasteiger partial charge in [-0.25, -0.2) is 0 Å². The molecule has 0 fully saturated rings. The summed E-state index contributed by atoms with van der Waals surface area (Å²) in [5.74, 6) is -0.0743. The van der Waals surface area contributed by atoms with Crippen LogP contribution in [-0.2, 0) is 0 Å².